The van der Waals surface area contributed by atoms with Gasteiger partial charge in [0.2, 0.25) is 0 Å². The van der Waals surface area contributed by atoms with Gasteiger partial charge in [-0.15, -0.1) is 0 Å². The molecular formula is C13H24N2O. The minimum atomic E-state index is -0.322. The van der Waals surface area contributed by atoms with Crippen LogP contribution in [0.3, 0.4) is 0 Å². The van der Waals surface area contributed by atoms with Gasteiger partial charge in [0.1, 0.15) is 5.54 Å². The summed E-state index contributed by atoms with van der Waals surface area (Å²) in [5.74, 6) is 0.570. The zero-order valence-corrected chi connectivity index (χ0v) is 10.8. The normalized spacial score (nSPS) is 29.6. The predicted octanol–water partition coefficient (Wildman–Crippen LogP) is 2.47. The van der Waals surface area contributed by atoms with Crippen molar-refractivity contribution >= 4 is 0 Å². The van der Waals surface area contributed by atoms with Crippen LogP contribution in [-0.2, 0) is 4.74 Å². The standard InChI is InChI=1S/C13H24N2O/c1-4-7-15-13(10-14)6-5-12(8-13)16-9-11(2)3/h11-12,15H,4-9H2,1-3H3. The van der Waals surface area contributed by atoms with Crippen LogP contribution in [0.1, 0.15) is 46.5 Å². The average Bonchev–Trinajstić information content (AvgIpc) is 2.68. The fourth-order valence-corrected chi connectivity index (χ4v) is 2.14. The summed E-state index contributed by atoms with van der Waals surface area (Å²) >= 11 is 0. The number of nitriles is 1. The van der Waals surface area contributed by atoms with E-state index in [1.807, 2.05) is 0 Å². The predicted molar refractivity (Wildman–Crippen MR) is 65.1 cm³/mol. The van der Waals surface area contributed by atoms with Crippen molar-refractivity contribution < 1.29 is 4.74 Å². The van der Waals surface area contributed by atoms with Crippen LogP contribution in [0.25, 0.3) is 0 Å². The second-order valence-electron chi connectivity index (χ2n) is 5.21. The molecular weight excluding hydrogens is 200 g/mol. The van der Waals surface area contributed by atoms with Crippen LogP contribution < -0.4 is 5.32 Å². The quantitative estimate of drug-likeness (QED) is 0.754. The summed E-state index contributed by atoms with van der Waals surface area (Å²) in [4.78, 5) is 0. The molecule has 0 aromatic rings. The Morgan fingerprint density at radius 3 is 2.88 bits per heavy atom. The molecule has 0 heterocycles. The van der Waals surface area contributed by atoms with Crippen molar-refractivity contribution in [3.8, 4) is 6.07 Å². The maximum Gasteiger partial charge on any atom is 0.109 e. The molecule has 1 aliphatic carbocycles. The van der Waals surface area contributed by atoms with Crippen molar-refractivity contribution in [2.24, 2.45) is 5.92 Å². The molecule has 0 saturated heterocycles. The van der Waals surface area contributed by atoms with Crippen molar-refractivity contribution in [1.29, 1.82) is 5.26 Å². The van der Waals surface area contributed by atoms with E-state index in [-0.39, 0.29) is 11.6 Å². The molecule has 3 nitrogen and oxygen atoms in total. The Hall–Kier alpha value is -0.590. The van der Waals surface area contributed by atoms with Crippen LogP contribution in [0.15, 0.2) is 0 Å². The van der Waals surface area contributed by atoms with Crippen LogP contribution in [0.2, 0.25) is 0 Å². The van der Waals surface area contributed by atoms with Crippen LogP contribution in [0, 0.1) is 17.2 Å². The Bertz CT molecular complexity index is 247. The van der Waals surface area contributed by atoms with E-state index in [2.05, 4.69) is 32.2 Å². The Morgan fingerprint density at radius 1 is 1.56 bits per heavy atom. The number of nitrogens with zero attached hydrogens (tertiary/aromatic N) is 1. The Kier molecular flexibility index (Phi) is 5.24. The SMILES string of the molecule is CCCNC1(C#N)CCC(OCC(C)C)C1. The summed E-state index contributed by atoms with van der Waals surface area (Å²) in [5, 5.41) is 12.6. The number of hydrogen-bond acceptors (Lipinski definition) is 3. The molecule has 16 heavy (non-hydrogen) atoms. The van der Waals surface area contributed by atoms with Gasteiger partial charge in [-0.2, -0.15) is 5.26 Å². The molecule has 2 unspecified atom stereocenters. The fraction of sp³-hybridized carbons (Fsp3) is 0.923. The molecule has 0 aliphatic heterocycles. The van der Waals surface area contributed by atoms with E-state index in [0.717, 1.165) is 38.8 Å². The maximum absolute atomic E-state index is 9.27. The van der Waals surface area contributed by atoms with Gasteiger partial charge in [-0.05, 0) is 31.7 Å². The molecule has 0 spiro atoms. The van der Waals surface area contributed by atoms with E-state index in [1.54, 1.807) is 0 Å². The zero-order valence-electron chi connectivity index (χ0n) is 10.8. The molecule has 92 valence electrons. The summed E-state index contributed by atoms with van der Waals surface area (Å²) in [6.45, 7) is 8.16. The summed E-state index contributed by atoms with van der Waals surface area (Å²) in [6.07, 6.45) is 4.12. The molecule has 3 heteroatoms. The first-order chi connectivity index (χ1) is 7.62. The molecule has 2 atom stereocenters. The first-order valence-electron chi connectivity index (χ1n) is 6.40. The Morgan fingerprint density at radius 2 is 2.31 bits per heavy atom. The van der Waals surface area contributed by atoms with E-state index in [0.29, 0.717) is 5.92 Å². The summed E-state index contributed by atoms with van der Waals surface area (Å²) in [6, 6.07) is 2.44. The maximum atomic E-state index is 9.27. The molecule has 1 aliphatic rings. The van der Waals surface area contributed by atoms with Gasteiger partial charge in [0.15, 0.2) is 0 Å². The van der Waals surface area contributed by atoms with Gasteiger partial charge < -0.3 is 4.74 Å². The molecule has 0 radical (unpaired) electrons. The lowest BCUT2D eigenvalue weighted by atomic mass is 9.99. The van der Waals surface area contributed by atoms with Gasteiger partial charge in [0.25, 0.3) is 0 Å². The lowest BCUT2D eigenvalue weighted by Gasteiger charge is -2.22. The minimum absolute atomic E-state index is 0.270. The average molecular weight is 224 g/mol. The second kappa shape index (κ2) is 6.22. The van der Waals surface area contributed by atoms with E-state index >= 15 is 0 Å². The van der Waals surface area contributed by atoms with Crippen molar-refractivity contribution in [2.75, 3.05) is 13.2 Å². The molecule has 1 fully saturated rings. The lowest BCUT2D eigenvalue weighted by molar-refractivity contribution is 0.0374. The Balaban J connectivity index is 2.39. The number of rotatable bonds is 6. The van der Waals surface area contributed by atoms with Gasteiger partial charge >= 0.3 is 0 Å². The highest BCUT2D eigenvalue weighted by molar-refractivity contribution is 5.12. The molecule has 0 bridgehead atoms. The Labute approximate surface area is 99.2 Å². The number of ether oxygens (including phenoxy) is 1. The van der Waals surface area contributed by atoms with Crippen LogP contribution >= 0.6 is 0 Å². The first kappa shape index (κ1) is 13.5. The van der Waals surface area contributed by atoms with Crippen LogP contribution in [0.4, 0.5) is 0 Å². The smallest absolute Gasteiger partial charge is 0.109 e. The third-order valence-corrected chi connectivity index (χ3v) is 3.06. The fourth-order valence-electron chi connectivity index (χ4n) is 2.14. The monoisotopic (exact) mass is 224 g/mol. The van der Waals surface area contributed by atoms with Gasteiger partial charge in [-0.1, -0.05) is 20.8 Å². The third kappa shape index (κ3) is 3.77. The van der Waals surface area contributed by atoms with Crippen molar-refractivity contribution in [3.05, 3.63) is 0 Å². The van der Waals surface area contributed by atoms with Crippen molar-refractivity contribution in [2.45, 2.75) is 58.1 Å². The lowest BCUT2D eigenvalue weighted by Crippen LogP contribution is -2.42. The third-order valence-electron chi connectivity index (χ3n) is 3.06. The van der Waals surface area contributed by atoms with Gasteiger partial charge in [-0.3, -0.25) is 5.32 Å². The summed E-state index contributed by atoms with van der Waals surface area (Å²) in [7, 11) is 0. The van der Waals surface area contributed by atoms with Crippen molar-refractivity contribution in [3.63, 3.8) is 0 Å². The summed E-state index contributed by atoms with van der Waals surface area (Å²) < 4.78 is 5.81. The van der Waals surface area contributed by atoms with Crippen LogP contribution in [-0.4, -0.2) is 24.8 Å². The minimum Gasteiger partial charge on any atom is -0.378 e. The highest BCUT2D eigenvalue weighted by Gasteiger charge is 2.39. The molecule has 1 rings (SSSR count). The topological polar surface area (TPSA) is 45.0 Å². The second-order valence-corrected chi connectivity index (χ2v) is 5.21. The van der Waals surface area contributed by atoms with Crippen LogP contribution in [0.5, 0.6) is 0 Å². The van der Waals surface area contributed by atoms with E-state index < -0.39 is 0 Å². The molecule has 0 aromatic heterocycles. The molecule has 0 aromatic carbocycles. The van der Waals surface area contributed by atoms with Gasteiger partial charge in [0, 0.05) is 13.0 Å². The van der Waals surface area contributed by atoms with Gasteiger partial charge in [0.05, 0.1) is 12.2 Å². The number of hydrogen-bond donors (Lipinski definition) is 1. The summed E-state index contributed by atoms with van der Waals surface area (Å²) in [5.41, 5.74) is -0.322. The van der Waals surface area contributed by atoms with E-state index in [1.165, 1.54) is 0 Å². The van der Waals surface area contributed by atoms with Crippen molar-refractivity contribution in [1.82, 2.24) is 5.32 Å². The highest BCUT2D eigenvalue weighted by Crippen LogP contribution is 2.31. The molecule has 0 amide bonds. The highest BCUT2D eigenvalue weighted by atomic mass is 16.5. The van der Waals surface area contributed by atoms with E-state index in [4.69, 9.17) is 4.74 Å². The first-order valence-corrected chi connectivity index (χ1v) is 6.40. The largest absolute Gasteiger partial charge is 0.378 e. The van der Waals surface area contributed by atoms with Gasteiger partial charge in [-0.25, -0.2) is 0 Å². The molecule has 1 N–H and O–H groups in total. The molecule has 1 saturated carbocycles. The zero-order chi connectivity index (χ0) is 12.0. The van der Waals surface area contributed by atoms with E-state index in [9.17, 15) is 5.26 Å². The number of nitrogens with one attached hydrogen (secondary N) is 1.